The van der Waals surface area contributed by atoms with Gasteiger partial charge in [0.2, 0.25) is 0 Å². The van der Waals surface area contributed by atoms with E-state index < -0.39 is 0 Å². The van der Waals surface area contributed by atoms with Gasteiger partial charge in [-0.3, -0.25) is 0 Å². The third-order valence-electron chi connectivity index (χ3n) is 1.05. The Morgan fingerprint density at radius 2 is 0.526 bits per heavy atom. The van der Waals surface area contributed by atoms with E-state index in [1.54, 1.807) is 0 Å². The fourth-order valence-corrected chi connectivity index (χ4v) is 3.43. The van der Waals surface area contributed by atoms with Gasteiger partial charge in [-0.1, -0.05) is 0 Å². The Morgan fingerprint density at radius 3 is 0.895 bits per heavy atom. The molecular formula is C16Se3. The molecule has 1 aromatic heterocycles. The molecule has 0 saturated heterocycles. The van der Waals surface area contributed by atoms with E-state index in [2.05, 4.69) is 90.3 Å². The Labute approximate surface area is 133 Å². The zero-order chi connectivity index (χ0) is 13.4. The maximum absolute atomic E-state index is 3.00. The van der Waals surface area contributed by atoms with Gasteiger partial charge in [0.25, 0.3) is 0 Å². The third-order valence-corrected chi connectivity index (χ3v) is 4.93. The van der Waals surface area contributed by atoms with Crippen molar-refractivity contribution in [1.82, 2.24) is 0 Å². The van der Waals surface area contributed by atoms with Gasteiger partial charge < -0.3 is 0 Å². The normalized spacial score (nSPS) is 4.63. The second-order valence-electron chi connectivity index (χ2n) is 2.17. The molecule has 0 nitrogen and oxygen atoms in total. The second-order valence-corrected chi connectivity index (χ2v) is 6.02. The summed E-state index contributed by atoms with van der Waals surface area (Å²) >= 11 is -0.00974. The van der Waals surface area contributed by atoms with Crippen molar-refractivity contribution < 1.29 is 0 Å². The Morgan fingerprint density at radius 1 is 0.263 bits per heavy atom. The van der Waals surface area contributed by atoms with Gasteiger partial charge in [-0.25, -0.2) is 0 Å². The Bertz CT molecular complexity index is 323. The zero-order valence-electron chi connectivity index (χ0n) is 9.22. The van der Waals surface area contributed by atoms with Gasteiger partial charge in [-0.15, -0.1) is 0 Å². The molecule has 1 heterocycles. The van der Waals surface area contributed by atoms with Crippen molar-refractivity contribution >= 4 is 43.5 Å². The predicted octanol–water partition coefficient (Wildman–Crippen LogP) is 0.158. The molecule has 1 aromatic rings. The molecule has 0 aliphatic carbocycles. The molecule has 0 saturated carbocycles. The predicted molar refractivity (Wildman–Crippen MR) is 69.1 cm³/mol. The average molecular weight is 429 g/mol. The summed E-state index contributed by atoms with van der Waals surface area (Å²) in [4.78, 5) is 17.7. The first kappa shape index (κ1) is 15.1. The summed E-state index contributed by atoms with van der Waals surface area (Å²) in [5.41, 5.74) is 0. The van der Waals surface area contributed by atoms with E-state index in [-0.39, 0.29) is 43.5 Å². The van der Waals surface area contributed by atoms with Gasteiger partial charge in [0.05, 0.1) is 0 Å². The van der Waals surface area contributed by atoms with Crippen LogP contribution < -0.4 is 0 Å². The molecule has 0 aliphatic rings. The molecule has 0 fully saturated rings. The van der Waals surface area contributed by atoms with Crippen LogP contribution in [0.5, 0.6) is 0 Å². The van der Waals surface area contributed by atoms with Crippen LogP contribution in [0.2, 0.25) is 0 Å². The fourth-order valence-electron chi connectivity index (χ4n) is 0.512. The average Bonchev–Trinajstić information content (AvgIpc) is 2.43. The molecule has 82 valence electrons. The molecule has 0 radical (unpaired) electrons. The molecule has 19 heavy (non-hydrogen) atoms. The van der Waals surface area contributed by atoms with Crippen molar-refractivity contribution in [3.05, 3.63) is 90.3 Å². The van der Waals surface area contributed by atoms with Crippen LogP contribution in [0.1, 0.15) is 0 Å². The van der Waals surface area contributed by atoms with Crippen molar-refractivity contribution in [3.63, 3.8) is 0 Å². The van der Waals surface area contributed by atoms with Gasteiger partial charge in [0.15, 0.2) is 0 Å². The summed E-state index contributed by atoms with van der Waals surface area (Å²) in [6.45, 7) is 0. The van der Waals surface area contributed by atoms with Crippen molar-refractivity contribution in [3.8, 4) is 0 Å². The van der Waals surface area contributed by atoms with Crippen LogP contribution in [0, 0.1) is 90.3 Å². The molecule has 0 bridgehead atoms. The Kier molecular flexibility index (Phi) is 9.93. The van der Waals surface area contributed by atoms with Crippen LogP contribution >= 0.6 is 0 Å². The van der Waals surface area contributed by atoms with Crippen molar-refractivity contribution in [2.75, 3.05) is 0 Å². The van der Waals surface area contributed by atoms with E-state index >= 15 is 0 Å². The molecule has 0 unspecified atom stereocenters. The van der Waals surface area contributed by atoms with Gasteiger partial charge in [-0.05, 0) is 0 Å². The molecule has 0 atom stereocenters. The maximum atomic E-state index is 3.00. The molecule has 0 aromatic carbocycles. The van der Waals surface area contributed by atoms with Crippen molar-refractivity contribution in [2.45, 2.75) is 0 Å². The molecule has 0 amide bonds. The Hall–Kier alpha value is -1.96. The van der Waals surface area contributed by atoms with E-state index in [0.717, 1.165) is 0 Å². The summed E-state index contributed by atoms with van der Waals surface area (Å²) in [6, 6.07) is 26.0. The first-order chi connectivity index (χ1) is 9.50. The molecule has 0 spiro atoms. The molecule has 3 heteroatoms. The molecule has 0 aliphatic heterocycles. The SMILES string of the molecule is c1c#cc#cc#c[se]c#c[se]c#c[se]c#cc#cc#1. The summed E-state index contributed by atoms with van der Waals surface area (Å²) in [7, 11) is 0. The van der Waals surface area contributed by atoms with E-state index in [1.165, 1.54) is 0 Å². The number of rotatable bonds is 0. The van der Waals surface area contributed by atoms with Crippen LogP contribution in [0.3, 0.4) is 0 Å². The fraction of sp³-hybridized carbons (Fsp3) is 0. The van der Waals surface area contributed by atoms with E-state index in [4.69, 9.17) is 0 Å². The van der Waals surface area contributed by atoms with Crippen LogP contribution in [0.15, 0.2) is 0 Å². The quantitative estimate of drug-likeness (QED) is 0.516. The molecule has 0 N–H and O–H groups in total. The van der Waals surface area contributed by atoms with Crippen LogP contribution in [-0.2, 0) is 0 Å². The van der Waals surface area contributed by atoms with Crippen molar-refractivity contribution in [2.24, 2.45) is 0 Å². The van der Waals surface area contributed by atoms with Gasteiger partial charge >= 0.3 is 134 Å². The van der Waals surface area contributed by atoms with Crippen LogP contribution in [-0.4, -0.2) is 43.5 Å². The minimum absolute atomic E-state index is 0.0208. The zero-order valence-corrected chi connectivity index (χ0v) is 14.4. The van der Waals surface area contributed by atoms with Crippen LogP contribution in [0.25, 0.3) is 0 Å². The second kappa shape index (κ2) is 12.5. The number of hydrogen-bond acceptors (Lipinski definition) is 0. The monoisotopic (exact) mass is 432 g/mol. The summed E-state index contributed by atoms with van der Waals surface area (Å²) in [5.74, 6) is 0. The van der Waals surface area contributed by atoms with E-state index in [0.29, 0.717) is 0 Å². The Balaban J connectivity index is 3.01. The molecule has 1 rings (SSSR count). The topological polar surface area (TPSA) is 0 Å². The van der Waals surface area contributed by atoms with Gasteiger partial charge in [0, 0.05) is 0 Å². The minimum atomic E-state index is -0.0208. The van der Waals surface area contributed by atoms with E-state index in [1.807, 2.05) is 0 Å². The summed E-state index contributed by atoms with van der Waals surface area (Å²) in [6.07, 6.45) is 0. The standard InChI is InChI=1S/C16Se3/c1-2-4-6-8-10-12-18-14-16-19-15-13-17-11-9-7-5-3-1. The number of hydrogen-bond donors (Lipinski definition) is 0. The van der Waals surface area contributed by atoms with Gasteiger partial charge in [-0.2, -0.15) is 0 Å². The van der Waals surface area contributed by atoms with Crippen LogP contribution in [0.4, 0.5) is 0 Å². The molecular weight excluding hydrogens is 429 g/mol. The summed E-state index contributed by atoms with van der Waals surface area (Å²) in [5, 5.41) is 0. The first-order valence-corrected chi connectivity index (χ1v) is 9.61. The van der Waals surface area contributed by atoms with Gasteiger partial charge in [0.1, 0.15) is 0 Å². The summed E-state index contributed by atoms with van der Waals surface area (Å²) < 4.78 is 0. The van der Waals surface area contributed by atoms with Crippen molar-refractivity contribution in [1.29, 1.82) is 0 Å². The van der Waals surface area contributed by atoms with E-state index in [9.17, 15) is 0 Å². The third kappa shape index (κ3) is 10.9. The first-order valence-electron chi connectivity index (χ1n) is 4.47.